The van der Waals surface area contributed by atoms with Gasteiger partial charge in [0.15, 0.2) is 5.54 Å². The highest BCUT2D eigenvalue weighted by atomic mass is 16.5. The van der Waals surface area contributed by atoms with Crippen molar-refractivity contribution in [2.75, 3.05) is 0 Å². The van der Waals surface area contributed by atoms with Gasteiger partial charge in [-0.15, -0.1) is 15.0 Å². The van der Waals surface area contributed by atoms with Crippen molar-refractivity contribution < 1.29 is 4.74 Å². The van der Waals surface area contributed by atoms with E-state index in [4.69, 9.17) is 25.1 Å². The number of hydrogen-bond donors (Lipinski definition) is 0. The van der Waals surface area contributed by atoms with Gasteiger partial charge in [-0.25, -0.2) is 0 Å². The normalized spacial score (nSPS) is 11.2. The van der Waals surface area contributed by atoms with Crippen LogP contribution in [0.25, 0.3) is 33.6 Å². The van der Waals surface area contributed by atoms with Crippen LogP contribution in [0.3, 0.4) is 0 Å². The predicted octanol–water partition coefficient (Wildman–Crippen LogP) is 9.98. The van der Waals surface area contributed by atoms with E-state index >= 15 is 0 Å². The molecule has 0 aliphatic rings. The van der Waals surface area contributed by atoms with Crippen LogP contribution in [0.1, 0.15) is 39.2 Å². The Bertz CT molecular complexity index is 2470. The van der Waals surface area contributed by atoms with E-state index in [9.17, 15) is 5.26 Å². The number of nitrogens with zero attached hydrogens (tertiary/aromatic N) is 6. The first-order valence-electron chi connectivity index (χ1n) is 17.8. The minimum absolute atomic E-state index is 0.296. The van der Waals surface area contributed by atoms with Crippen molar-refractivity contribution in [1.29, 1.82) is 5.26 Å². The second kappa shape index (κ2) is 14.8. The van der Waals surface area contributed by atoms with Crippen LogP contribution < -0.4 is 4.74 Å². The minimum Gasteiger partial charge on any atom is -0.488 e. The quantitative estimate of drug-likeness (QED) is 0.132. The molecule has 0 aliphatic carbocycles. The van der Waals surface area contributed by atoms with E-state index in [1.807, 2.05) is 117 Å². The summed E-state index contributed by atoms with van der Waals surface area (Å²) in [4.78, 5) is 6.48. The van der Waals surface area contributed by atoms with Crippen LogP contribution in [0.4, 0.5) is 0 Å². The number of hydrogen-bond acceptors (Lipinski definition) is 6. The maximum absolute atomic E-state index is 9.35. The Morgan fingerprint density at radius 2 is 1.20 bits per heavy atom. The highest BCUT2D eigenvalue weighted by Gasteiger charge is 2.41. The van der Waals surface area contributed by atoms with Gasteiger partial charge in [0.2, 0.25) is 5.82 Å². The summed E-state index contributed by atoms with van der Waals surface area (Å²) in [6.45, 7) is 4.24. The van der Waals surface area contributed by atoms with E-state index in [-0.39, 0.29) is 0 Å². The van der Waals surface area contributed by atoms with Gasteiger partial charge >= 0.3 is 0 Å². The monoisotopic (exact) mass is 700 g/mol. The molecule has 0 radical (unpaired) electrons. The molecule has 0 saturated carbocycles. The minimum atomic E-state index is -0.901. The molecular formula is C47H36N6O. The average Bonchev–Trinajstić information content (AvgIpc) is 3.72. The SMILES string of the molecule is Cc1cc(OCc2ccc(-c3ccccc3)c(-c3nnn(C(c4ccccc4)(c4ccccc4)c4ccccc4)n3)c2)c(-c2ccc(C#N)cc2)c(C)n1. The van der Waals surface area contributed by atoms with Crippen molar-refractivity contribution in [2.45, 2.75) is 26.0 Å². The largest absolute Gasteiger partial charge is 0.488 e. The average molecular weight is 701 g/mol. The third-order valence-electron chi connectivity index (χ3n) is 9.69. The van der Waals surface area contributed by atoms with Crippen LogP contribution in [0.2, 0.25) is 0 Å². The number of aryl methyl sites for hydroxylation is 2. The summed E-state index contributed by atoms with van der Waals surface area (Å²) < 4.78 is 6.60. The molecule has 0 atom stereocenters. The fourth-order valence-corrected chi connectivity index (χ4v) is 7.21. The number of benzene rings is 6. The zero-order chi connectivity index (χ0) is 36.9. The maximum Gasteiger partial charge on any atom is 0.205 e. The van der Waals surface area contributed by atoms with Gasteiger partial charge in [0.05, 0.1) is 11.6 Å². The van der Waals surface area contributed by atoms with Crippen molar-refractivity contribution in [1.82, 2.24) is 25.2 Å². The second-order valence-electron chi connectivity index (χ2n) is 13.2. The van der Waals surface area contributed by atoms with Crippen LogP contribution >= 0.6 is 0 Å². The van der Waals surface area contributed by atoms with Crippen molar-refractivity contribution in [3.8, 4) is 45.5 Å². The van der Waals surface area contributed by atoms with Gasteiger partial charge in [-0.3, -0.25) is 4.98 Å². The summed E-state index contributed by atoms with van der Waals surface area (Å²) in [5.41, 5.74) is 10.1. The lowest BCUT2D eigenvalue weighted by molar-refractivity contribution is 0.307. The molecule has 0 saturated heterocycles. The van der Waals surface area contributed by atoms with Gasteiger partial charge in [0.1, 0.15) is 12.4 Å². The molecule has 54 heavy (non-hydrogen) atoms. The molecule has 0 unspecified atom stereocenters. The smallest absolute Gasteiger partial charge is 0.205 e. The molecule has 0 amide bonds. The van der Waals surface area contributed by atoms with Crippen molar-refractivity contribution in [3.05, 3.63) is 209 Å². The molecule has 0 aliphatic heterocycles. The number of ether oxygens (including phenoxy) is 1. The Hall–Kier alpha value is -7.17. The lowest BCUT2D eigenvalue weighted by Gasteiger charge is -2.34. The number of nitriles is 1. The third-order valence-corrected chi connectivity index (χ3v) is 9.69. The third kappa shape index (κ3) is 6.42. The molecule has 2 aromatic heterocycles. The Balaban J connectivity index is 1.24. The molecule has 0 spiro atoms. The van der Waals surface area contributed by atoms with Crippen molar-refractivity contribution >= 4 is 0 Å². The molecule has 7 heteroatoms. The highest BCUT2D eigenvalue weighted by molar-refractivity contribution is 5.81. The van der Waals surface area contributed by atoms with E-state index < -0.39 is 5.54 Å². The predicted molar refractivity (Wildman–Crippen MR) is 211 cm³/mol. The summed E-state index contributed by atoms with van der Waals surface area (Å²) in [7, 11) is 0. The Morgan fingerprint density at radius 3 is 1.78 bits per heavy atom. The zero-order valence-electron chi connectivity index (χ0n) is 30.0. The summed E-state index contributed by atoms with van der Waals surface area (Å²) in [5.74, 6) is 1.22. The molecule has 0 fully saturated rings. The molecule has 2 heterocycles. The lowest BCUT2D eigenvalue weighted by Crippen LogP contribution is -2.39. The Kier molecular flexibility index (Phi) is 9.32. The fraction of sp³-hybridized carbons (Fsp3) is 0.0851. The zero-order valence-corrected chi connectivity index (χ0v) is 30.0. The van der Waals surface area contributed by atoms with E-state index in [1.54, 1.807) is 4.80 Å². The van der Waals surface area contributed by atoms with E-state index in [0.717, 1.165) is 67.2 Å². The molecule has 6 aromatic carbocycles. The Labute approximate surface area is 314 Å². The first-order valence-corrected chi connectivity index (χ1v) is 17.8. The van der Waals surface area contributed by atoms with Gasteiger partial charge in [-0.2, -0.15) is 5.26 Å². The van der Waals surface area contributed by atoms with Gasteiger partial charge < -0.3 is 4.74 Å². The number of tetrazole rings is 1. The van der Waals surface area contributed by atoms with E-state index in [0.29, 0.717) is 18.0 Å². The topological polar surface area (TPSA) is 89.5 Å². The van der Waals surface area contributed by atoms with Crippen LogP contribution in [0.5, 0.6) is 5.75 Å². The van der Waals surface area contributed by atoms with Crippen molar-refractivity contribution in [3.63, 3.8) is 0 Å². The van der Waals surface area contributed by atoms with Crippen molar-refractivity contribution in [2.24, 2.45) is 0 Å². The highest BCUT2D eigenvalue weighted by Crippen LogP contribution is 2.41. The molecule has 8 rings (SSSR count). The summed E-state index contributed by atoms with van der Waals surface area (Å²) in [5, 5.41) is 24.2. The first-order chi connectivity index (χ1) is 26.5. The molecule has 7 nitrogen and oxygen atoms in total. The fourth-order valence-electron chi connectivity index (χ4n) is 7.21. The molecular weight excluding hydrogens is 665 g/mol. The van der Waals surface area contributed by atoms with Gasteiger partial charge in [-0.05, 0) is 76.2 Å². The van der Waals surface area contributed by atoms with E-state index in [2.05, 4.69) is 72.8 Å². The number of aromatic nitrogens is 5. The standard InChI is InChI=1S/C47H36N6O/c1-33-29-44(45(34(2)49-33)38-26-23-35(31-48)24-27-38)54-32-36-25-28-42(37-15-7-3-8-16-37)43(30-36)46-50-52-53(51-46)47(39-17-9-4-10-18-39,40-19-11-5-12-20-40)41-21-13-6-14-22-41/h3-30H,32H2,1-2H3. The number of pyridine rings is 1. The maximum atomic E-state index is 9.35. The molecule has 0 N–H and O–H groups in total. The van der Waals surface area contributed by atoms with E-state index in [1.165, 1.54) is 0 Å². The van der Waals surface area contributed by atoms with Crippen LogP contribution in [-0.4, -0.2) is 25.2 Å². The van der Waals surface area contributed by atoms with Gasteiger partial charge in [0.25, 0.3) is 0 Å². The molecule has 260 valence electrons. The number of rotatable bonds is 10. The summed E-state index contributed by atoms with van der Waals surface area (Å²) >= 11 is 0. The summed E-state index contributed by atoms with van der Waals surface area (Å²) in [6, 6.07) is 59.2. The van der Waals surface area contributed by atoms with Crippen LogP contribution in [0, 0.1) is 25.2 Å². The molecule has 0 bridgehead atoms. The van der Waals surface area contributed by atoms with Crippen LogP contribution in [-0.2, 0) is 12.1 Å². The first kappa shape index (κ1) is 33.9. The van der Waals surface area contributed by atoms with Gasteiger partial charge in [-0.1, -0.05) is 146 Å². The lowest BCUT2D eigenvalue weighted by atomic mass is 9.77. The van der Waals surface area contributed by atoms with Crippen LogP contribution in [0.15, 0.2) is 170 Å². The second-order valence-corrected chi connectivity index (χ2v) is 13.2. The summed E-state index contributed by atoms with van der Waals surface area (Å²) in [6.07, 6.45) is 0. The molecule has 8 aromatic rings. The van der Waals surface area contributed by atoms with Gasteiger partial charge in [0, 0.05) is 28.6 Å². The Morgan fingerprint density at radius 1 is 0.630 bits per heavy atom.